The highest BCUT2D eigenvalue weighted by Crippen LogP contribution is 2.32. The molecule has 10 heteroatoms. The Morgan fingerprint density at radius 1 is 1.19 bits per heavy atom. The molecule has 0 saturated carbocycles. The largest absolute Gasteiger partial charge is 0.454 e. The molecule has 0 aliphatic carbocycles. The first-order valence-corrected chi connectivity index (χ1v) is 9.50. The van der Waals surface area contributed by atoms with Crippen LogP contribution >= 0.6 is 0 Å². The molecule has 0 radical (unpaired) electrons. The Labute approximate surface area is 155 Å². The number of nitro benzene ring substituents is 1. The summed E-state index contributed by atoms with van der Waals surface area (Å²) < 4.78 is 37.9. The third-order valence-corrected chi connectivity index (χ3v) is 5.40. The number of Topliss-reactive ketones (excluding diaryl/α,β-unsaturated/α-hetero) is 1. The second kappa shape index (κ2) is 7.33. The van der Waals surface area contributed by atoms with Gasteiger partial charge in [0, 0.05) is 19.0 Å². The van der Waals surface area contributed by atoms with Gasteiger partial charge in [0.25, 0.3) is 5.69 Å². The Morgan fingerprint density at radius 3 is 2.63 bits per heavy atom. The molecule has 2 aromatic rings. The fourth-order valence-corrected chi connectivity index (χ4v) is 3.61. The lowest BCUT2D eigenvalue weighted by Gasteiger charge is -2.09. The number of nitro groups is 1. The summed E-state index contributed by atoms with van der Waals surface area (Å²) in [6.45, 7) is 1.64. The van der Waals surface area contributed by atoms with Crippen LogP contribution in [0.15, 0.2) is 41.3 Å². The standard InChI is InChI=1S/C17H16N2O7S/c1-2-15(20)13-8-12(4-5-14(13)19(21)22)27(23,24)18-9-11-3-6-16-17(7-11)26-10-25-16/h3-8,18H,2,9-10H2,1H3. The number of sulfonamides is 1. The molecule has 0 aromatic heterocycles. The van der Waals surface area contributed by atoms with Crippen molar-refractivity contribution in [3.8, 4) is 11.5 Å². The number of carbonyl (C=O) groups is 1. The van der Waals surface area contributed by atoms with Gasteiger partial charge in [-0.25, -0.2) is 13.1 Å². The van der Waals surface area contributed by atoms with E-state index in [0.29, 0.717) is 17.1 Å². The van der Waals surface area contributed by atoms with E-state index in [1.54, 1.807) is 25.1 Å². The van der Waals surface area contributed by atoms with Crippen LogP contribution in [0.2, 0.25) is 0 Å². The van der Waals surface area contributed by atoms with E-state index in [-0.39, 0.29) is 30.2 Å². The van der Waals surface area contributed by atoms with E-state index in [1.165, 1.54) is 0 Å². The number of rotatable bonds is 7. The van der Waals surface area contributed by atoms with Gasteiger partial charge in [0.1, 0.15) is 0 Å². The Balaban J connectivity index is 1.84. The minimum absolute atomic E-state index is 0.0208. The van der Waals surface area contributed by atoms with Crippen LogP contribution in [0.1, 0.15) is 29.3 Å². The lowest BCUT2D eigenvalue weighted by molar-refractivity contribution is -0.385. The molecule has 0 unspecified atom stereocenters. The zero-order valence-electron chi connectivity index (χ0n) is 14.3. The zero-order valence-corrected chi connectivity index (χ0v) is 15.1. The Bertz CT molecular complexity index is 1020. The van der Waals surface area contributed by atoms with Crippen molar-refractivity contribution in [2.45, 2.75) is 24.8 Å². The third-order valence-electron chi connectivity index (χ3n) is 4.00. The number of fused-ring (bicyclic) bond motifs is 1. The molecule has 1 aliphatic rings. The molecule has 9 nitrogen and oxygen atoms in total. The van der Waals surface area contributed by atoms with E-state index in [4.69, 9.17) is 9.47 Å². The van der Waals surface area contributed by atoms with Crippen LogP contribution in [0, 0.1) is 10.1 Å². The summed E-state index contributed by atoms with van der Waals surface area (Å²) in [7, 11) is -3.98. The second-order valence-electron chi connectivity index (χ2n) is 5.72. The van der Waals surface area contributed by atoms with Crippen molar-refractivity contribution in [2.75, 3.05) is 6.79 Å². The first kappa shape index (κ1) is 18.8. The van der Waals surface area contributed by atoms with Gasteiger partial charge in [-0.2, -0.15) is 0 Å². The number of hydrogen-bond acceptors (Lipinski definition) is 7. The SMILES string of the molecule is CCC(=O)c1cc(S(=O)(=O)NCc2ccc3c(c2)OCO3)ccc1[N+](=O)[O-]. The Hall–Kier alpha value is -2.98. The summed E-state index contributed by atoms with van der Waals surface area (Å²) in [6.07, 6.45) is 0.0228. The van der Waals surface area contributed by atoms with Gasteiger partial charge in [-0.1, -0.05) is 13.0 Å². The average molecular weight is 392 g/mol. The van der Waals surface area contributed by atoms with Gasteiger partial charge in [0.05, 0.1) is 15.4 Å². The minimum Gasteiger partial charge on any atom is -0.454 e. The van der Waals surface area contributed by atoms with E-state index in [9.17, 15) is 23.3 Å². The predicted molar refractivity (Wildman–Crippen MR) is 94.3 cm³/mol. The molecule has 2 aromatic carbocycles. The first-order chi connectivity index (χ1) is 12.8. The van der Waals surface area contributed by atoms with Crippen LogP contribution in [0.25, 0.3) is 0 Å². The van der Waals surface area contributed by atoms with Crippen molar-refractivity contribution in [1.82, 2.24) is 4.72 Å². The lowest BCUT2D eigenvalue weighted by atomic mass is 10.1. The van der Waals surface area contributed by atoms with E-state index < -0.39 is 26.4 Å². The molecule has 27 heavy (non-hydrogen) atoms. The number of ether oxygens (including phenoxy) is 2. The number of carbonyl (C=O) groups excluding carboxylic acids is 1. The topological polar surface area (TPSA) is 125 Å². The van der Waals surface area contributed by atoms with Gasteiger partial charge >= 0.3 is 0 Å². The average Bonchev–Trinajstić information content (AvgIpc) is 3.13. The van der Waals surface area contributed by atoms with Crippen molar-refractivity contribution < 1.29 is 27.6 Å². The van der Waals surface area contributed by atoms with Crippen LogP contribution in [0.4, 0.5) is 5.69 Å². The number of nitrogens with zero attached hydrogens (tertiary/aromatic N) is 1. The maximum Gasteiger partial charge on any atom is 0.280 e. The smallest absolute Gasteiger partial charge is 0.280 e. The van der Waals surface area contributed by atoms with Crippen LogP contribution in [0.5, 0.6) is 11.5 Å². The second-order valence-corrected chi connectivity index (χ2v) is 7.49. The molecule has 0 spiro atoms. The van der Waals surface area contributed by atoms with Crippen molar-refractivity contribution in [1.29, 1.82) is 0 Å². The fourth-order valence-electron chi connectivity index (χ4n) is 2.57. The van der Waals surface area contributed by atoms with E-state index in [2.05, 4.69) is 4.72 Å². The van der Waals surface area contributed by atoms with E-state index >= 15 is 0 Å². The number of hydrogen-bond donors (Lipinski definition) is 1. The summed E-state index contributed by atoms with van der Waals surface area (Å²) >= 11 is 0. The molecule has 0 amide bonds. The summed E-state index contributed by atoms with van der Waals surface area (Å²) in [4.78, 5) is 22.1. The number of nitrogens with one attached hydrogen (secondary N) is 1. The monoisotopic (exact) mass is 392 g/mol. The third kappa shape index (κ3) is 3.91. The van der Waals surface area contributed by atoms with Gasteiger partial charge in [-0.05, 0) is 29.8 Å². The number of benzene rings is 2. The summed E-state index contributed by atoms with van der Waals surface area (Å²) in [5.41, 5.74) is -0.000352. The molecule has 1 N–H and O–H groups in total. The Kier molecular flexibility index (Phi) is 5.10. The zero-order chi connectivity index (χ0) is 19.6. The molecule has 1 heterocycles. The highest BCUT2D eigenvalue weighted by atomic mass is 32.2. The van der Waals surface area contributed by atoms with Gasteiger partial charge in [0.15, 0.2) is 17.3 Å². The van der Waals surface area contributed by atoms with Crippen LogP contribution in [-0.2, 0) is 16.6 Å². The highest BCUT2D eigenvalue weighted by Gasteiger charge is 2.24. The molecule has 0 bridgehead atoms. The molecule has 1 aliphatic heterocycles. The molecule has 0 atom stereocenters. The number of ketones is 1. The summed E-state index contributed by atoms with van der Waals surface area (Å²) in [5.74, 6) is 0.604. The maximum absolute atomic E-state index is 12.5. The molecule has 0 saturated heterocycles. The minimum atomic E-state index is -3.98. The molecular formula is C17H16N2O7S. The Morgan fingerprint density at radius 2 is 1.93 bits per heavy atom. The van der Waals surface area contributed by atoms with Crippen molar-refractivity contribution >= 4 is 21.5 Å². The fraction of sp³-hybridized carbons (Fsp3) is 0.235. The molecular weight excluding hydrogens is 376 g/mol. The van der Waals surface area contributed by atoms with Crippen LogP contribution in [-0.4, -0.2) is 25.9 Å². The first-order valence-electron chi connectivity index (χ1n) is 8.01. The summed E-state index contributed by atoms with van der Waals surface area (Å²) in [5, 5.41) is 11.1. The van der Waals surface area contributed by atoms with E-state index in [0.717, 1.165) is 18.2 Å². The van der Waals surface area contributed by atoms with E-state index in [1.807, 2.05) is 0 Å². The van der Waals surface area contributed by atoms with Crippen molar-refractivity contribution in [3.63, 3.8) is 0 Å². The normalized spacial score (nSPS) is 12.8. The molecule has 3 rings (SSSR count). The van der Waals surface area contributed by atoms with Crippen LogP contribution in [0.3, 0.4) is 0 Å². The molecule has 0 fully saturated rings. The molecule has 142 valence electrons. The maximum atomic E-state index is 12.5. The van der Waals surface area contributed by atoms with Gasteiger partial charge in [-0.3, -0.25) is 14.9 Å². The quantitative estimate of drug-likeness (QED) is 0.436. The lowest BCUT2D eigenvalue weighted by Crippen LogP contribution is -2.23. The van der Waals surface area contributed by atoms with Gasteiger partial charge in [-0.15, -0.1) is 0 Å². The van der Waals surface area contributed by atoms with Crippen molar-refractivity contribution in [3.05, 3.63) is 57.6 Å². The predicted octanol–water partition coefficient (Wildman–Crippen LogP) is 2.39. The summed E-state index contributed by atoms with van der Waals surface area (Å²) in [6, 6.07) is 8.19. The highest BCUT2D eigenvalue weighted by molar-refractivity contribution is 7.89. The van der Waals surface area contributed by atoms with Gasteiger partial charge < -0.3 is 9.47 Å². The van der Waals surface area contributed by atoms with Gasteiger partial charge in [0.2, 0.25) is 16.8 Å². The van der Waals surface area contributed by atoms with Crippen LogP contribution < -0.4 is 14.2 Å². The van der Waals surface area contributed by atoms with Crippen molar-refractivity contribution in [2.24, 2.45) is 0 Å².